The molecule has 1 aliphatic heterocycles. The quantitative estimate of drug-likeness (QED) is 0.0996. The van der Waals surface area contributed by atoms with Crippen LogP contribution in [0, 0.1) is 0 Å². The molecule has 0 saturated carbocycles. The molecule has 2 heterocycles. The Labute approximate surface area is 261 Å². The summed E-state index contributed by atoms with van der Waals surface area (Å²) in [6, 6.07) is 2.08. The molecule has 0 aliphatic carbocycles. The third-order valence-corrected chi connectivity index (χ3v) is 7.90. The normalized spacial score (nSPS) is 17.2. The average molecular weight is 629 g/mol. The van der Waals surface area contributed by atoms with Gasteiger partial charge >= 0.3 is 5.97 Å². The first kappa shape index (κ1) is 35.0. The maximum Gasteiger partial charge on any atom is 0.326 e. The minimum Gasteiger partial charge on any atom is -0.480 e. The van der Waals surface area contributed by atoms with Gasteiger partial charge in [0.05, 0.1) is 6.04 Å². The lowest BCUT2D eigenvalue weighted by Crippen LogP contribution is -2.58. The highest BCUT2D eigenvalue weighted by molar-refractivity contribution is 5.96. The van der Waals surface area contributed by atoms with Crippen molar-refractivity contribution in [2.45, 2.75) is 88.5 Å². The Kier molecular flexibility index (Phi) is 12.9. The van der Waals surface area contributed by atoms with E-state index in [4.69, 9.17) is 17.2 Å². The number of fused-ring (bicyclic) bond motifs is 1. The van der Waals surface area contributed by atoms with Crippen LogP contribution < -0.4 is 33.2 Å². The number of H-pyrrole nitrogens is 1. The molecule has 1 aromatic heterocycles. The van der Waals surface area contributed by atoms with E-state index in [1.807, 2.05) is 24.3 Å². The SMILES string of the molecule is C[C@H](NC(=O)[C@H](Cc1c[nH]c2ccccc12)NC(=O)[C@H](CCCCN)NC(=O)[C@@H](N)CCC(N)=O)C(=O)N1CCC[C@H]1C(=O)O. The molecule has 45 heavy (non-hydrogen) atoms. The van der Waals surface area contributed by atoms with Crippen LogP contribution in [0.2, 0.25) is 0 Å². The molecule has 15 nitrogen and oxygen atoms in total. The van der Waals surface area contributed by atoms with Crippen LogP contribution in [0.5, 0.6) is 0 Å². The Morgan fingerprint density at radius 3 is 2.38 bits per heavy atom. The number of aromatic amines is 1. The van der Waals surface area contributed by atoms with E-state index >= 15 is 0 Å². The molecule has 11 N–H and O–H groups in total. The van der Waals surface area contributed by atoms with E-state index in [9.17, 15) is 33.9 Å². The largest absolute Gasteiger partial charge is 0.480 e. The average Bonchev–Trinajstić information content (AvgIpc) is 3.66. The summed E-state index contributed by atoms with van der Waals surface area (Å²) in [6.07, 6.45) is 3.81. The molecular formula is C30H44N8O7. The summed E-state index contributed by atoms with van der Waals surface area (Å²) < 4.78 is 0. The summed E-state index contributed by atoms with van der Waals surface area (Å²) in [5.74, 6) is -4.22. The van der Waals surface area contributed by atoms with Crippen molar-refractivity contribution in [3.63, 3.8) is 0 Å². The number of nitrogens with zero attached hydrogens (tertiary/aromatic N) is 1. The number of rotatable bonds is 17. The maximum absolute atomic E-state index is 13.7. The molecule has 1 aromatic carbocycles. The second-order valence-corrected chi connectivity index (χ2v) is 11.3. The number of hydrogen-bond donors (Lipinski definition) is 8. The number of likely N-dealkylation sites (tertiary alicyclic amines) is 1. The molecule has 1 aliphatic rings. The number of carboxylic acids is 1. The summed E-state index contributed by atoms with van der Waals surface area (Å²) in [4.78, 5) is 80.3. The van der Waals surface area contributed by atoms with Gasteiger partial charge in [-0.2, -0.15) is 0 Å². The first-order valence-electron chi connectivity index (χ1n) is 15.2. The van der Waals surface area contributed by atoms with Gasteiger partial charge in [-0.25, -0.2) is 4.79 Å². The number of amides is 5. The molecule has 2 aromatic rings. The molecule has 0 radical (unpaired) electrons. The zero-order chi connectivity index (χ0) is 33.1. The van der Waals surface area contributed by atoms with Gasteiger partial charge < -0.3 is 48.1 Å². The number of benzene rings is 1. The van der Waals surface area contributed by atoms with Crippen LogP contribution in [0.3, 0.4) is 0 Å². The molecule has 15 heteroatoms. The van der Waals surface area contributed by atoms with Crippen LogP contribution in [-0.4, -0.2) is 93.8 Å². The lowest BCUT2D eigenvalue weighted by Gasteiger charge is -2.28. The highest BCUT2D eigenvalue weighted by Crippen LogP contribution is 2.21. The lowest BCUT2D eigenvalue weighted by atomic mass is 10.0. The number of para-hydroxylation sites is 1. The van der Waals surface area contributed by atoms with E-state index < -0.39 is 65.7 Å². The van der Waals surface area contributed by atoms with Crippen molar-refractivity contribution in [1.82, 2.24) is 25.8 Å². The van der Waals surface area contributed by atoms with Crippen molar-refractivity contribution in [3.05, 3.63) is 36.0 Å². The Hall–Kier alpha value is -4.50. The first-order valence-corrected chi connectivity index (χ1v) is 15.2. The van der Waals surface area contributed by atoms with Crippen LogP contribution in [0.1, 0.15) is 57.4 Å². The molecule has 1 saturated heterocycles. The van der Waals surface area contributed by atoms with Crippen LogP contribution in [0.4, 0.5) is 0 Å². The monoisotopic (exact) mass is 628 g/mol. The summed E-state index contributed by atoms with van der Waals surface area (Å²) in [5.41, 5.74) is 18.2. The Morgan fingerprint density at radius 2 is 1.69 bits per heavy atom. The first-order chi connectivity index (χ1) is 21.4. The highest BCUT2D eigenvalue weighted by atomic mass is 16.4. The molecule has 0 unspecified atom stereocenters. The fourth-order valence-corrected chi connectivity index (χ4v) is 5.38. The van der Waals surface area contributed by atoms with Crippen molar-refractivity contribution in [2.24, 2.45) is 17.2 Å². The van der Waals surface area contributed by atoms with Gasteiger partial charge in [0, 0.05) is 36.5 Å². The summed E-state index contributed by atoms with van der Waals surface area (Å²) in [6.45, 7) is 2.10. The molecule has 3 rings (SSSR count). The lowest BCUT2D eigenvalue weighted by molar-refractivity contribution is -0.149. The van der Waals surface area contributed by atoms with Crippen molar-refractivity contribution in [3.8, 4) is 0 Å². The predicted molar refractivity (Wildman–Crippen MR) is 165 cm³/mol. The van der Waals surface area contributed by atoms with Crippen LogP contribution in [-0.2, 0) is 35.2 Å². The van der Waals surface area contributed by atoms with Gasteiger partial charge in [0.15, 0.2) is 0 Å². The summed E-state index contributed by atoms with van der Waals surface area (Å²) in [7, 11) is 0. The predicted octanol–water partition coefficient (Wildman–Crippen LogP) is -1.02. The molecule has 1 fully saturated rings. The van der Waals surface area contributed by atoms with Crippen molar-refractivity contribution in [1.29, 1.82) is 0 Å². The number of unbranched alkanes of at least 4 members (excludes halogenated alkanes) is 1. The van der Waals surface area contributed by atoms with Crippen LogP contribution in [0.15, 0.2) is 30.5 Å². The molecular weight excluding hydrogens is 584 g/mol. The second kappa shape index (κ2) is 16.5. The fraction of sp³-hybridized carbons (Fsp3) is 0.533. The highest BCUT2D eigenvalue weighted by Gasteiger charge is 2.37. The van der Waals surface area contributed by atoms with Crippen molar-refractivity contribution >= 4 is 46.4 Å². The van der Waals surface area contributed by atoms with E-state index in [1.165, 1.54) is 11.8 Å². The number of aliphatic carboxylic acids is 1. The summed E-state index contributed by atoms with van der Waals surface area (Å²) in [5, 5.41) is 18.3. The Bertz CT molecular complexity index is 1380. The van der Waals surface area contributed by atoms with E-state index in [0.717, 1.165) is 16.5 Å². The number of carboxylic acid groups (broad SMARTS) is 1. The van der Waals surface area contributed by atoms with Gasteiger partial charge in [0.1, 0.15) is 24.2 Å². The van der Waals surface area contributed by atoms with Gasteiger partial charge in [-0.05, 0) is 63.6 Å². The number of nitrogens with two attached hydrogens (primary N) is 3. The van der Waals surface area contributed by atoms with E-state index in [1.54, 1.807) is 6.20 Å². The number of nitrogens with one attached hydrogen (secondary N) is 4. The molecule has 5 amide bonds. The maximum atomic E-state index is 13.7. The zero-order valence-corrected chi connectivity index (χ0v) is 25.4. The molecule has 0 spiro atoms. The number of carbonyl (C=O) groups excluding carboxylic acids is 5. The van der Waals surface area contributed by atoms with E-state index in [2.05, 4.69) is 20.9 Å². The number of carbonyl (C=O) groups is 6. The smallest absolute Gasteiger partial charge is 0.326 e. The van der Waals surface area contributed by atoms with Gasteiger partial charge in [-0.15, -0.1) is 0 Å². The standard InChI is InChI=1S/C30H44N8O7/c1-17(29(43)38-14-6-10-24(38)30(44)45)35-28(42)23(15-18-16-34-21-8-3-2-7-19(18)21)37-27(41)22(9-4-5-13-31)36-26(40)20(32)11-12-25(33)39/h2-3,7-8,16-17,20,22-24,34H,4-6,9-15,31-32H2,1H3,(H2,33,39)(H,35,42)(H,36,40)(H,37,41)(H,44,45)/t17-,20-,22-,23-,24-/m0/s1. The molecule has 0 bridgehead atoms. The van der Waals surface area contributed by atoms with Crippen LogP contribution in [0.25, 0.3) is 10.9 Å². The van der Waals surface area contributed by atoms with Gasteiger partial charge in [-0.3, -0.25) is 24.0 Å². The molecule has 5 atom stereocenters. The second-order valence-electron chi connectivity index (χ2n) is 11.3. The number of aromatic nitrogens is 1. The van der Waals surface area contributed by atoms with Gasteiger partial charge in [0.25, 0.3) is 0 Å². The van der Waals surface area contributed by atoms with E-state index in [-0.39, 0.29) is 32.2 Å². The Morgan fingerprint density at radius 1 is 1.00 bits per heavy atom. The van der Waals surface area contributed by atoms with Crippen molar-refractivity contribution in [2.75, 3.05) is 13.1 Å². The van der Waals surface area contributed by atoms with Gasteiger partial charge in [-0.1, -0.05) is 18.2 Å². The zero-order valence-electron chi connectivity index (χ0n) is 25.4. The topological polar surface area (TPSA) is 256 Å². The number of hydrogen-bond acceptors (Lipinski definition) is 8. The van der Waals surface area contributed by atoms with Gasteiger partial charge in [0.2, 0.25) is 29.5 Å². The minimum atomic E-state index is -1.17. The summed E-state index contributed by atoms with van der Waals surface area (Å²) >= 11 is 0. The molecule has 246 valence electrons. The Balaban J connectivity index is 1.81. The number of primary amides is 1. The third-order valence-electron chi connectivity index (χ3n) is 7.90. The van der Waals surface area contributed by atoms with Crippen LogP contribution >= 0.6 is 0 Å². The minimum absolute atomic E-state index is 0.00439. The fourth-order valence-electron chi connectivity index (χ4n) is 5.38. The third kappa shape index (κ3) is 9.74. The van der Waals surface area contributed by atoms with E-state index in [0.29, 0.717) is 32.2 Å². The van der Waals surface area contributed by atoms with Crippen molar-refractivity contribution < 1.29 is 33.9 Å².